The Morgan fingerprint density at radius 1 is 0.833 bits per heavy atom. The second-order valence-electron chi connectivity index (χ2n) is 6.67. The molecule has 0 aliphatic heterocycles. The molecule has 0 aliphatic carbocycles. The van der Waals surface area contributed by atoms with Crippen LogP contribution in [0.3, 0.4) is 0 Å². The molecule has 0 unspecified atom stereocenters. The van der Waals surface area contributed by atoms with Gasteiger partial charge >= 0.3 is 0 Å². The molecule has 5 nitrogen and oxygen atoms in total. The van der Waals surface area contributed by atoms with Crippen LogP contribution in [0.5, 0.6) is 11.5 Å². The smallest absolute Gasteiger partial charge is 0.203 e. The van der Waals surface area contributed by atoms with Gasteiger partial charge in [0.05, 0.1) is 31.2 Å². The molecule has 1 N–H and O–H groups in total. The minimum absolute atomic E-state index is 0. The van der Waals surface area contributed by atoms with Crippen molar-refractivity contribution in [3.8, 4) is 11.5 Å². The Kier molecular flexibility index (Phi) is 7.24. The standard InChI is InChI=1S/C23H22ClN3O2.BrH/c1-28-18-10-12-19(13-11-18)29-15-14-26-21-8-4-5-9-22(21)27(23(26)25)16-17-6-2-3-7-20(17)24;/h2-13,25H,14-16H2,1H3;1H. The van der Waals surface area contributed by atoms with Crippen LogP contribution in [0.4, 0.5) is 0 Å². The first kappa shape index (κ1) is 22.0. The molecule has 0 bridgehead atoms. The first-order valence-electron chi connectivity index (χ1n) is 9.40. The minimum Gasteiger partial charge on any atom is -0.497 e. The summed E-state index contributed by atoms with van der Waals surface area (Å²) in [5, 5.41) is 9.45. The van der Waals surface area contributed by atoms with Crippen LogP contribution < -0.4 is 15.1 Å². The van der Waals surface area contributed by atoms with Crippen LogP contribution >= 0.6 is 28.6 Å². The number of benzene rings is 3. The molecule has 4 aromatic rings. The molecule has 3 aromatic carbocycles. The van der Waals surface area contributed by atoms with Gasteiger partial charge in [0.2, 0.25) is 5.62 Å². The summed E-state index contributed by atoms with van der Waals surface area (Å²) in [5.74, 6) is 1.57. The lowest BCUT2D eigenvalue weighted by Gasteiger charge is -2.09. The number of imidazole rings is 1. The zero-order valence-corrected chi connectivity index (χ0v) is 19.0. The molecule has 0 radical (unpaired) electrons. The Morgan fingerprint density at radius 2 is 1.43 bits per heavy atom. The Hall–Kier alpha value is -2.70. The molecular weight excluding hydrogens is 466 g/mol. The van der Waals surface area contributed by atoms with Crippen molar-refractivity contribution in [1.29, 1.82) is 5.41 Å². The van der Waals surface area contributed by atoms with Crippen molar-refractivity contribution < 1.29 is 9.47 Å². The molecule has 0 amide bonds. The van der Waals surface area contributed by atoms with E-state index < -0.39 is 0 Å². The fourth-order valence-electron chi connectivity index (χ4n) is 3.40. The Balaban J connectivity index is 0.00000256. The van der Waals surface area contributed by atoms with E-state index in [4.69, 9.17) is 26.5 Å². The summed E-state index contributed by atoms with van der Waals surface area (Å²) >= 11 is 6.35. The number of halogens is 2. The van der Waals surface area contributed by atoms with Gasteiger partial charge in [0.1, 0.15) is 18.1 Å². The fourth-order valence-corrected chi connectivity index (χ4v) is 3.60. The molecule has 0 fully saturated rings. The summed E-state index contributed by atoms with van der Waals surface area (Å²) in [6.07, 6.45) is 0. The average molecular weight is 489 g/mol. The molecular formula is C23H23BrClN3O2. The van der Waals surface area contributed by atoms with E-state index in [0.29, 0.717) is 30.3 Å². The van der Waals surface area contributed by atoms with Crippen LogP contribution in [0.15, 0.2) is 72.8 Å². The van der Waals surface area contributed by atoms with Crippen molar-refractivity contribution in [2.24, 2.45) is 0 Å². The normalized spacial score (nSPS) is 10.6. The molecule has 156 valence electrons. The van der Waals surface area contributed by atoms with E-state index in [9.17, 15) is 0 Å². The van der Waals surface area contributed by atoms with Gasteiger partial charge in [-0.25, -0.2) is 0 Å². The van der Waals surface area contributed by atoms with Crippen molar-refractivity contribution in [2.75, 3.05) is 13.7 Å². The van der Waals surface area contributed by atoms with Crippen LogP contribution in [-0.2, 0) is 13.1 Å². The van der Waals surface area contributed by atoms with Gasteiger partial charge in [-0.2, -0.15) is 0 Å². The maximum Gasteiger partial charge on any atom is 0.203 e. The third-order valence-corrected chi connectivity index (χ3v) is 5.27. The number of rotatable bonds is 7. The van der Waals surface area contributed by atoms with Crippen molar-refractivity contribution in [3.63, 3.8) is 0 Å². The first-order valence-corrected chi connectivity index (χ1v) is 9.78. The maximum atomic E-state index is 8.74. The second kappa shape index (κ2) is 9.87. The largest absolute Gasteiger partial charge is 0.497 e. The molecule has 0 saturated carbocycles. The Labute approximate surface area is 190 Å². The monoisotopic (exact) mass is 487 g/mol. The summed E-state index contributed by atoms with van der Waals surface area (Å²) in [4.78, 5) is 0. The molecule has 0 aliphatic rings. The van der Waals surface area contributed by atoms with Crippen LogP contribution in [0.2, 0.25) is 5.02 Å². The molecule has 0 spiro atoms. The highest BCUT2D eigenvalue weighted by Crippen LogP contribution is 2.20. The Bertz CT molecular complexity index is 1190. The van der Waals surface area contributed by atoms with Crippen LogP contribution in [0.25, 0.3) is 11.0 Å². The van der Waals surface area contributed by atoms with E-state index >= 15 is 0 Å². The number of hydrogen-bond acceptors (Lipinski definition) is 3. The summed E-state index contributed by atoms with van der Waals surface area (Å²) in [5.41, 5.74) is 3.42. The first-order chi connectivity index (χ1) is 14.2. The Morgan fingerprint density at radius 3 is 2.10 bits per heavy atom. The predicted molar refractivity (Wildman–Crippen MR) is 125 cm³/mol. The van der Waals surface area contributed by atoms with Crippen LogP contribution in [-0.4, -0.2) is 22.9 Å². The predicted octanol–water partition coefficient (Wildman–Crippen LogP) is 5.29. The molecule has 7 heteroatoms. The number of aromatic nitrogens is 2. The molecule has 30 heavy (non-hydrogen) atoms. The quantitative estimate of drug-likeness (QED) is 0.384. The van der Waals surface area contributed by atoms with E-state index in [1.165, 1.54) is 0 Å². The van der Waals surface area contributed by atoms with Gasteiger partial charge in [0, 0.05) is 5.02 Å². The third-order valence-electron chi connectivity index (χ3n) is 4.90. The van der Waals surface area contributed by atoms with Gasteiger partial charge in [0.25, 0.3) is 0 Å². The van der Waals surface area contributed by atoms with Crippen molar-refractivity contribution in [2.45, 2.75) is 13.1 Å². The van der Waals surface area contributed by atoms with Gasteiger partial charge in [-0.3, -0.25) is 5.41 Å². The van der Waals surface area contributed by atoms with Gasteiger partial charge in [-0.15, -0.1) is 17.0 Å². The van der Waals surface area contributed by atoms with Gasteiger partial charge in [0.15, 0.2) is 0 Å². The van der Waals surface area contributed by atoms with E-state index in [-0.39, 0.29) is 17.0 Å². The highest BCUT2D eigenvalue weighted by atomic mass is 79.9. The number of para-hydroxylation sites is 2. The molecule has 0 atom stereocenters. The lowest BCUT2D eigenvalue weighted by atomic mass is 10.2. The highest BCUT2D eigenvalue weighted by Gasteiger charge is 2.12. The number of nitrogens with one attached hydrogen (secondary N) is 1. The number of ether oxygens (including phenoxy) is 2. The molecule has 0 saturated heterocycles. The summed E-state index contributed by atoms with van der Waals surface area (Å²) in [7, 11) is 1.64. The number of fused-ring (bicyclic) bond motifs is 1. The minimum atomic E-state index is 0. The topological polar surface area (TPSA) is 52.2 Å². The fraction of sp³-hybridized carbons (Fsp3) is 0.174. The number of nitrogens with zero attached hydrogens (tertiary/aromatic N) is 2. The van der Waals surface area contributed by atoms with Crippen molar-refractivity contribution in [1.82, 2.24) is 9.13 Å². The van der Waals surface area contributed by atoms with E-state index in [1.807, 2.05) is 81.9 Å². The number of hydrogen-bond donors (Lipinski definition) is 1. The average Bonchev–Trinajstić information content (AvgIpc) is 3.02. The molecule has 4 rings (SSSR count). The van der Waals surface area contributed by atoms with Crippen LogP contribution in [0.1, 0.15) is 5.56 Å². The third kappa shape index (κ3) is 4.55. The summed E-state index contributed by atoms with van der Waals surface area (Å²) in [6, 6.07) is 23.3. The van der Waals surface area contributed by atoms with Gasteiger partial charge in [-0.05, 0) is 48.0 Å². The SMILES string of the molecule is Br.COc1ccc(OCCn2c(=N)n(Cc3ccccc3Cl)c3ccccc32)cc1. The lowest BCUT2D eigenvalue weighted by molar-refractivity contribution is 0.296. The maximum absolute atomic E-state index is 8.74. The van der Waals surface area contributed by atoms with Crippen LogP contribution in [0, 0.1) is 5.41 Å². The highest BCUT2D eigenvalue weighted by molar-refractivity contribution is 8.93. The van der Waals surface area contributed by atoms with E-state index in [0.717, 1.165) is 28.1 Å². The number of methoxy groups -OCH3 is 1. The van der Waals surface area contributed by atoms with E-state index in [2.05, 4.69) is 0 Å². The van der Waals surface area contributed by atoms with Crippen molar-refractivity contribution >= 4 is 39.6 Å². The van der Waals surface area contributed by atoms with E-state index in [1.54, 1.807) is 7.11 Å². The van der Waals surface area contributed by atoms with Crippen molar-refractivity contribution in [3.05, 3.63) is 89.0 Å². The zero-order chi connectivity index (χ0) is 20.2. The molecule has 1 aromatic heterocycles. The second-order valence-corrected chi connectivity index (χ2v) is 7.07. The molecule has 1 heterocycles. The zero-order valence-electron chi connectivity index (χ0n) is 16.5. The van der Waals surface area contributed by atoms with Gasteiger partial charge in [-0.1, -0.05) is 41.9 Å². The lowest BCUT2D eigenvalue weighted by Crippen LogP contribution is -2.27. The summed E-state index contributed by atoms with van der Waals surface area (Å²) in [6.45, 7) is 1.58. The van der Waals surface area contributed by atoms with Gasteiger partial charge < -0.3 is 18.6 Å². The summed E-state index contributed by atoms with van der Waals surface area (Å²) < 4.78 is 15.0.